The largest absolute Gasteiger partial charge is 0.508 e. The Hall–Kier alpha value is -1.22. The minimum Gasteiger partial charge on any atom is -0.508 e. The van der Waals surface area contributed by atoms with E-state index in [1.807, 2.05) is 0 Å². The van der Waals surface area contributed by atoms with E-state index in [-0.39, 0.29) is 17.1 Å². The number of phenolic OH excluding ortho intramolecular Hbond substituents is 1. The SMILES string of the molecule is CC(=O)C(Cl)c1c(N)cccc1O. The van der Waals surface area contributed by atoms with Crippen molar-refractivity contribution < 1.29 is 9.90 Å². The molecule has 70 valence electrons. The number of alkyl halides is 1. The number of Topliss-reactive ketones (excluding diaryl/α,β-unsaturated/α-hetero) is 1. The van der Waals surface area contributed by atoms with Crippen molar-refractivity contribution in [2.45, 2.75) is 12.3 Å². The second-order valence-corrected chi connectivity index (χ2v) is 3.19. The first-order valence-electron chi connectivity index (χ1n) is 3.76. The van der Waals surface area contributed by atoms with Crippen molar-refractivity contribution in [3.63, 3.8) is 0 Å². The second-order valence-electron chi connectivity index (χ2n) is 2.75. The standard InChI is InChI=1S/C9H10ClNO2/c1-5(12)9(10)8-6(11)3-2-4-7(8)13/h2-4,9,13H,11H2,1H3. The maximum atomic E-state index is 11.0. The van der Waals surface area contributed by atoms with E-state index in [4.69, 9.17) is 17.3 Å². The van der Waals surface area contributed by atoms with Crippen molar-refractivity contribution in [3.05, 3.63) is 23.8 Å². The molecular weight excluding hydrogens is 190 g/mol. The Kier molecular flexibility index (Phi) is 2.78. The van der Waals surface area contributed by atoms with Gasteiger partial charge in [-0.1, -0.05) is 6.07 Å². The molecule has 0 spiro atoms. The van der Waals surface area contributed by atoms with E-state index in [1.54, 1.807) is 12.1 Å². The van der Waals surface area contributed by atoms with Crippen molar-refractivity contribution in [2.24, 2.45) is 0 Å². The summed E-state index contributed by atoms with van der Waals surface area (Å²) in [7, 11) is 0. The van der Waals surface area contributed by atoms with Crippen LogP contribution < -0.4 is 5.73 Å². The van der Waals surface area contributed by atoms with Gasteiger partial charge in [0.15, 0.2) is 5.78 Å². The number of benzene rings is 1. The third-order valence-electron chi connectivity index (χ3n) is 1.73. The molecule has 0 amide bonds. The van der Waals surface area contributed by atoms with Crippen molar-refractivity contribution in [1.82, 2.24) is 0 Å². The molecule has 0 aliphatic rings. The summed E-state index contributed by atoms with van der Waals surface area (Å²) in [6, 6.07) is 4.63. The monoisotopic (exact) mass is 199 g/mol. The Labute approximate surface area is 81.1 Å². The number of hydrogen-bond acceptors (Lipinski definition) is 3. The number of rotatable bonds is 2. The molecule has 0 aliphatic heterocycles. The van der Waals surface area contributed by atoms with E-state index in [0.29, 0.717) is 5.69 Å². The van der Waals surface area contributed by atoms with Crippen LogP contribution >= 0.6 is 11.6 Å². The zero-order valence-corrected chi connectivity index (χ0v) is 7.88. The number of aromatic hydroxyl groups is 1. The third kappa shape index (κ3) is 1.92. The van der Waals surface area contributed by atoms with E-state index in [0.717, 1.165) is 0 Å². The molecule has 0 fully saturated rings. The summed E-state index contributed by atoms with van der Waals surface area (Å²) in [6.45, 7) is 1.35. The van der Waals surface area contributed by atoms with E-state index in [1.165, 1.54) is 13.0 Å². The molecule has 0 bridgehead atoms. The number of hydrogen-bond donors (Lipinski definition) is 2. The molecule has 0 aromatic heterocycles. The lowest BCUT2D eigenvalue weighted by atomic mass is 10.1. The maximum Gasteiger partial charge on any atom is 0.152 e. The number of anilines is 1. The van der Waals surface area contributed by atoms with Crippen LogP contribution in [0.25, 0.3) is 0 Å². The third-order valence-corrected chi connectivity index (χ3v) is 2.25. The van der Waals surface area contributed by atoms with Gasteiger partial charge in [-0.3, -0.25) is 4.79 Å². The molecule has 3 N–H and O–H groups in total. The van der Waals surface area contributed by atoms with Gasteiger partial charge in [-0.05, 0) is 19.1 Å². The fourth-order valence-electron chi connectivity index (χ4n) is 1.05. The normalized spacial score (nSPS) is 12.5. The summed E-state index contributed by atoms with van der Waals surface area (Å²) in [5, 5.41) is 8.52. The maximum absolute atomic E-state index is 11.0. The first-order chi connectivity index (χ1) is 6.04. The van der Waals surface area contributed by atoms with E-state index in [9.17, 15) is 9.90 Å². The van der Waals surface area contributed by atoms with E-state index >= 15 is 0 Å². The van der Waals surface area contributed by atoms with Gasteiger partial charge in [0, 0.05) is 11.3 Å². The van der Waals surface area contributed by atoms with Crippen molar-refractivity contribution in [2.75, 3.05) is 5.73 Å². The summed E-state index contributed by atoms with van der Waals surface area (Å²) in [6.07, 6.45) is 0. The Morgan fingerprint density at radius 2 is 2.23 bits per heavy atom. The van der Waals surface area contributed by atoms with Crippen LogP contribution in [0, 0.1) is 0 Å². The van der Waals surface area contributed by atoms with Crippen LogP contribution in [0.5, 0.6) is 5.75 Å². The Morgan fingerprint density at radius 3 is 2.69 bits per heavy atom. The average Bonchev–Trinajstić information content (AvgIpc) is 2.03. The zero-order chi connectivity index (χ0) is 10.0. The van der Waals surface area contributed by atoms with Gasteiger partial charge in [-0.2, -0.15) is 0 Å². The summed E-state index contributed by atoms with van der Waals surface area (Å²) in [4.78, 5) is 11.0. The molecular formula is C9H10ClNO2. The lowest BCUT2D eigenvalue weighted by Gasteiger charge is -2.10. The van der Waals surface area contributed by atoms with Gasteiger partial charge in [0.25, 0.3) is 0 Å². The molecule has 1 aromatic carbocycles. The fourth-order valence-corrected chi connectivity index (χ4v) is 1.29. The molecule has 1 rings (SSSR count). The number of carbonyl (C=O) groups excluding carboxylic acids is 1. The van der Waals surface area contributed by atoms with Crippen LogP contribution in [0.15, 0.2) is 18.2 Å². The van der Waals surface area contributed by atoms with E-state index in [2.05, 4.69) is 0 Å². The molecule has 1 aromatic rings. The van der Waals surface area contributed by atoms with Crippen molar-refractivity contribution in [1.29, 1.82) is 0 Å². The van der Waals surface area contributed by atoms with Gasteiger partial charge >= 0.3 is 0 Å². The topological polar surface area (TPSA) is 63.3 Å². The van der Waals surface area contributed by atoms with Crippen LogP contribution in [0.3, 0.4) is 0 Å². The van der Waals surface area contributed by atoms with Crippen LogP contribution in [-0.4, -0.2) is 10.9 Å². The summed E-state index contributed by atoms with van der Waals surface area (Å²) >= 11 is 5.76. The average molecular weight is 200 g/mol. The Balaban J connectivity index is 3.20. The number of ketones is 1. The molecule has 1 atom stereocenters. The Bertz CT molecular complexity index is 318. The van der Waals surface area contributed by atoms with Crippen molar-refractivity contribution in [3.8, 4) is 5.75 Å². The number of nitrogen functional groups attached to an aromatic ring is 1. The smallest absolute Gasteiger partial charge is 0.152 e. The highest BCUT2D eigenvalue weighted by atomic mass is 35.5. The predicted molar refractivity (Wildman–Crippen MR) is 51.8 cm³/mol. The van der Waals surface area contributed by atoms with Gasteiger partial charge in [0.1, 0.15) is 11.1 Å². The molecule has 1 unspecified atom stereocenters. The highest BCUT2D eigenvalue weighted by molar-refractivity contribution is 6.31. The molecule has 0 aliphatic carbocycles. The minimum atomic E-state index is -0.874. The van der Waals surface area contributed by atoms with Crippen LogP contribution in [0.2, 0.25) is 0 Å². The van der Waals surface area contributed by atoms with Gasteiger partial charge in [-0.15, -0.1) is 11.6 Å². The number of nitrogens with two attached hydrogens (primary N) is 1. The summed E-state index contributed by atoms with van der Waals surface area (Å²) in [5.41, 5.74) is 6.18. The lowest BCUT2D eigenvalue weighted by molar-refractivity contribution is -0.116. The van der Waals surface area contributed by atoms with Crippen LogP contribution in [0.4, 0.5) is 5.69 Å². The van der Waals surface area contributed by atoms with Crippen LogP contribution in [-0.2, 0) is 4.79 Å². The van der Waals surface area contributed by atoms with Gasteiger partial charge in [0.05, 0.1) is 0 Å². The molecule has 4 heteroatoms. The molecule has 0 saturated heterocycles. The lowest BCUT2D eigenvalue weighted by Crippen LogP contribution is -2.05. The highest BCUT2D eigenvalue weighted by Crippen LogP contribution is 2.33. The van der Waals surface area contributed by atoms with Gasteiger partial charge in [0.2, 0.25) is 0 Å². The minimum absolute atomic E-state index is 0.0461. The summed E-state index contributed by atoms with van der Waals surface area (Å²) < 4.78 is 0. The number of phenols is 1. The quantitative estimate of drug-likeness (QED) is 0.564. The highest BCUT2D eigenvalue weighted by Gasteiger charge is 2.19. The van der Waals surface area contributed by atoms with E-state index < -0.39 is 5.38 Å². The second kappa shape index (κ2) is 3.66. The van der Waals surface area contributed by atoms with Crippen LogP contribution in [0.1, 0.15) is 17.9 Å². The summed E-state index contributed by atoms with van der Waals surface area (Å²) in [5.74, 6) is -0.287. The first kappa shape index (κ1) is 9.86. The fraction of sp³-hybridized carbons (Fsp3) is 0.222. The molecule has 0 saturated carbocycles. The predicted octanol–water partition coefficient (Wildman–Crippen LogP) is 1.84. The first-order valence-corrected chi connectivity index (χ1v) is 4.19. The zero-order valence-electron chi connectivity index (χ0n) is 7.12. The molecule has 3 nitrogen and oxygen atoms in total. The molecule has 0 radical (unpaired) electrons. The van der Waals surface area contributed by atoms with Gasteiger partial charge in [-0.25, -0.2) is 0 Å². The number of halogens is 1. The molecule has 0 heterocycles. The number of carbonyl (C=O) groups is 1. The Morgan fingerprint density at radius 1 is 1.62 bits per heavy atom. The van der Waals surface area contributed by atoms with Gasteiger partial charge < -0.3 is 10.8 Å². The molecule has 13 heavy (non-hydrogen) atoms. The van der Waals surface area contributed by atoms with Crippen molar-refractivity contribution >= 4 is 23.1 Å².